The average molecular weight is 310 g/mol. The lowest BCUT2D eigenvalue weighted by molar-refractivity contribution is -0.150. The number of hydrogen-bond donors (Lipinski definition) is 2. The van der Waals surface area contributed by atoms with Gasteiger partial charge in [0.05, 0.1) is 10.7 Å². The Morgan fingerprint density at radius 1 is 1.26 bits per heavy atom. The summed E-state index contributed by atoms with van der Waals surface area (Å²) in [5.41, 5.74) is 0. The van der Waals surface area contributed by atoms with Gasteiger partial charge in [0.1, 0.15) is 18.3 Å². The second-order valence-corrected chi connectivity index (χ2v) is 7.64. The Morgan fingerprint density at radius 2 is 1.95 bits per heavy atom. The van der Waals surface area contributed by atoms with E-state index in [1.165, 1.54) is 25.0 Å². The number of ether oxygens (including phenoxy) is 3. The maximum atomic E-state index is 9.81. The quantitative estimate of drug-likeness (QED) is 0.774. The van der Waals surface area contributed by atoms with Crippen molar-refractivity contribution in [2.24, 2.45) is 0 Å². The smallest absolute Gasteiger partial charge is 0.184 e. The fourth-order valence-electron chi connectivity index (χ4n) is 2.48. The van der Waals surface area contributed by atoms with Gasteiger partial charge in [-0.3, -0.25) is 0 Å². The molecule has 7 heteroatoms. The standard InChI is InChI=1S/C12H22O5S2/c1-15-7(6-8-18-4-3-5-19-8)10-11(16-2)9(13)12(14)17-10/h7-14H,3-6H2,1-2H3/t7-,9-,10-,11-,12?/m1/s1. The highest BCUT2D eigenvalue weighted by atomic mass is 32.2. The van der Waals surface area contributed by atoms with Crippen molar-refractivity contribution >= 4 is 23.5 Å². The lowest BCUT2D eigenvalue weighted by Gasteiger charge is -2.30. The van der Waals surface area contributed by atoms with Gasteiger partial charge >= 0.3 is 0 Å². The predicted octanol–water partition coefficient (Wildman–Crippen LogP) is 0.681. The van der Waals surface area contributed by atoms with Crippen LogP contribution in [0.4, 0.5) is 0 Å². The van der Waals surface area contributed by atoms with Crippen molar-refractivity contribution in [1.29, 1.82) is 0 Å². The summed E-state index contributed by atoms with van der Waals surface area (Å²) in [6.45, 7) is 0. The summed E-state index contributed by atoms with van der Waals surface area (Å²) in [5.74, 6) is 2.36. The maximum Gasteiger partial charge on any atom is 0.184 e. The second kappa shape index (κ2) is 7.49. The van der Waals surface area contributed by atoms with E-state index in [0.717, 1.165) is 6.42 Å². The molecule has 0 aromatic heterocycles. The molecule has 0 saturated carbocycles. The fourth-order valence-corrected chi connectivity index (χ4v) is 5.42. The van der Waals surface area contributed by atoms with Gasteiger partial charge in [-0.2, -0.15) is 0 Å². The molecule has 0 aromatic rings. The minimum Gasteiger partial charge on any atom is -0.385 e. The van der Waals surface area contributed by atoms with Gasteiger partial charge in [-0.25, -0.2) is 0 Å². The molecule has 2 N–H and O–H groups in total. The summed E-state index contributed by atoms with van der Waals surface area (Å²) >= 11 is 3.88. The van der Waals surface area contributed by atoms with Crippen LogP contribution in [0.5, 0.6) is 0 Å². The molecule has 5 atom stereocenters. The lowest BCUT2D eigenvalue weighted by atomic mass is 10.0. The molecule has 112 valence electrons. The molecule has 19 heavy (non-hydrogen) atoms. The third kappa shape index (κ3) is 3.78. The van der Waals surface area contributed by atoms with E-state index in [1.54, 1.807) is 7.11 Å². The first-order chi connectivity index (χ1) is 9.17. The molecule has 1 unspecified atom stereocenters. The molecule has 2 rings (SSSR count). The molecular formula is C12H22O5S2. The van der Waals surface area contributed by atoms with Crippen LogP contribution >= 0.6 is 23.5 Å². The van der Waals surface area contributed by atoms with Crippen LogP contribution in [0.3, 0.4) is 0 Å². The van der Waals surface area contributed by atoms with E-state index in [2.05, 4.69) is 0 Å². The zero-order chi connectivity index (χ0) is 13.8. The molecule has 0 bridgehead atoms. The Kier molecular flexibility index (Phi) is 6.26. The summed E-state index contributed by atoms with van der Waals surface area (Å²) in [6.07, 6.45) is -1.28. The average Bonchev–Trinajstić information content (AvgIpc) is 2.72. The highest BCUT2D eigenvalue weighted by Crippen LogP contribution is 2.36. The van der Waals surface area contributed by atoms with Gasteiger partial charge in [0.15, 0.2) is 6.29 Å². The van der Waals surface area contributed by atoms with Gasteiger partial charge in [-0.1, -0.05) is 0 Å². The molecule has 2 saturated heterocycles. The normalized spacial score (nSPS) is 38.5. The van der Waals surface area contributed by atoms with Crippen LogP contribution in [0.1, 0.15) is 12.8 Å². The van der Waals surface area contributed by atoms with E-state index < -0.39 is 24.6 Å². The zero-order valence-corrected chi connectivity index (χ0v) is 12.9. The molecular weight excluding hydrogens is 288 g/mol. The van der Waals surface area contributed by atoms with Crippen LogP contribution in [0.15, 0.2) is 0 Å². The number of thioether (sulfide) groups is 2. The maximum absolute atomic E-state index is 9.81. The van der Waals surface area contributed by atoms with Gasteiger partial charge < -0.3 is 24.4 Å². The van der Waals surface area contributed by atoms with Crippen molar-refractivity contribution in [1.82, 2.24) is 0 Å². The van der Waals surface area contributed by atoms with E-state index in [9.17, 15) is 10.2 Å². The van der Waals surface area contributed by atoms with Crippen LogP contribution in [0.25, 0.3) is 0 Å². The monoisotopic (exact) mass is 310 g/mol. The van der Waals surface area contributed by atoms with Gasteiger partial charge in [-0.05, 0) is 24.3 Å². The molecule has 2 aliphatic heterocycles. The zero-order valence-electron chi connectivity index (χ0n) is 11.2. The minimum absolute atomic E-state index is 0.181. The summed E-state index contributed by atoms with van der Waals surface area (Å²) in [6, 6.07) is 0. The van der Waals surface area contributed by atoms with Crippen molar-refractivity contribution < 1.29 is 24.4 Å². The third-order valence-corrected chi connectivity index (χ3v) is 6.51. The highest BCUT2D eigenvalue weighted by Gasteiger charge is 2.47. The van der Waals surface area contributed by atoms with Crippen molar-refractivity contribution in [3.63, 3.8) is 0 Å². The molecule has 2 aliphatic rings. The topological polar surface area (TPSA) is 68.2 Å². The number of hydrogen-bond acceptors (Lipinski definition) is 7. The Hall–Kier alpha value is 0.500. The number of aliphatic hydroxyl groups is 2. The van der Waals surface area contributed by atoms with Crippen molar-refractivity contribution in [3.05, 3.63) is 0 Å². The molecule has 0 amide bonds. The minimum atomic E-state index is -1.20. The van der Waals surface area contributed by atoms with Crippen LogP contribution in [0, 0.1) is 0 Å². The summed E-state index contributed by atoms with van der Waals surface area (Å²) < 4.78 is 16.7. The first kappa shape index (κ1) is 15.9. The lowest BCUT2D eigenvalue weighted by Crippen LogP contribution is -2.42. The number of aliphatic hydroxyl groups excluding tert-OH is 2. The van der Waals surface area contributed by atoms with Crippen LogP contribution in [-0.4, -0.2) is 71.2 Å². The third-order valence-electron chi connectivity index (χ3n) is 3.51. The van der Waals surface area contributed by atoms with Gasteiger partial charge in [0, 0.05) is 14.2 Å². The van der Waals surface area contributed by atoms with Gasteiger partial charge in [0.2, 0.25) is 0 Å². The Morgan fingerprint density at radius 3 is 2.53 bits per heavy atom. The molecule has 0 aromatic carbocycles. The van der Waals surface area contributed by atoms with E-state index in [-0.39, 0.29) is 6.10 Å². The molecule has 5 nitrogen and oxygen atoms in total. The summed E-state index contributed by atoms with van der Waals surface area (Å²) in [5, 5.41) is 19.4. The van der Waals surface area contributed by atoms with E-state index in [0.29, 0.717) is 4.58 Å². The van der Waals surface area contributed by atoms with Crippen molar-refractivity contribution in [2.75, 3.05) is 25.7 Å². The fraction of sp³-hybridized carbons (Fsp3) is 1.00. The first-order valence-electron chi connectivity index (χ1n) is 6.47. The molecule has 0 radical (unpaired) electrons. The SMILES string of the molecule is CO[C@H]1[C@@H]([C@@H](CC2SCCCS2)OC)OC(O)[C@@H]1O. The highest BCUT2D eigenvalue weighted by molar-refractivity contribution is 8.17. The van der Waals surface area contributed by atoms with Gasteiger partial charge in [-0.15, -0.1) is 23.5 Å². The van der Waals surface area contributed by atoms with E-state index >= 15 is 0 Å². The molecule has 0 aliphatic carbocycles. The predicted molar refractivity (Wildman–Crippen MR) is 76.4 cm³/mol. The number of methoxy groups -OCH3 is 2. The van der Waals surface area contributed by atoms with E-state index in [1.807, 2.05) is 23.5 Å². The Labute approximate surface area is 122 Å². The second-order valence-electron chi connectivity index (χ2n) is 4.72. The first-order valence-corrected chi connectivity index (χ1v) is 8.57. The van der Waals surface area contributed by atoms with Crippen molar-refractivity contribution in [2.45, 2.75) is 48.1 Å². The largest absolute Gasteiger partial charge is 0.385 e. The van der Waals surface area contributed by atoms with E-state index in [4.69, 9.17) is 14.2 Å². The van der Waals surface area contributed by atoms with Gasteiger partial charge in [0.25, 0.3) is 0 Å². The van der Waals surface area contributed by atoms with Crippen LogP contribution in [0.2, 0.25) is 0 Å². The van der Waals surface area contributed by atoms with Crippen LogP contribution in [-0.2, 0) is 14.2 Å². The summed E-state index contributed by atoms with van der Waals surface area (Å²) in [7, 11) is 3.15. The summed E-state index contributed by atoms with van der Waals surface area (Å²) in [4.78, 5) is 0. The Balaban J connectivity index is 1.96. The van der Waals surface area contributed by atoms with Crippen LogP contribution < -0.4 is 0 Å². The molecule has 2 heterocycles. The Bertz CT molecular complexity index is 275. The number of rotatable bonds is 5. The molecule has 2 fully saturated rings. The molecule has 0 spiro atoms. The van der Waals surface area contributed by atoms with Crippen molar-refractivity contribution in [3.8, 4) is 0 Å².